The average molecular weight is 324 g/mol. The highest BCUT2D eigenvalue weighted by Crippen LogP contribution is 2.25. The minimum Gasteiger partial charge on any atom is -0.502 e. The lowest BCUT2D eigenvalue weighted by atomic mass is 10.2. The number of hydrogen-bond donors (Lipinski definition) is 1. The van der Waals surface area contributed by atoms with Crippen molar-refractivity contribution >= 4 is 22.8 Å². The van der Waals surface area contributed by atoms with Gasteiger partial charge in [0.05, 0.1) is 22.0 Å². The Balaban J connectivity index is 2.07. The van der Waals surface area contributed by atoms with Crippen LogP contribution < -0.4 is 5.56 Å². The number of aryl methyl sites for hydroxylation is 1. The summed E-state index contributed by atoms with van der Waals surface area (Å²) >= 11 is 0. The first-order chi connectivity index (χ1) is 11.5. The van der Waals surface area contributed by atoms with Crippen molar-refractivity contribution in [2.24, 2.45) is 5.10 Å². The third kappa shape index (κ3) is 2.72. The van der Waals surface area contributed by atoms with Gasteiger partial charge in [0.15, 0.2) is 5.75 Å². The molecule has 1 N–H and O–H groups in total. The summed E-state index contributed by atoms with van der Waals surface area (Å²) in [5.41, 5.74) is 0.188. The molecule has 0 amide bonds. The van der Waals surface area contributed by atoms with Gasteiger partial charge in [-0.2, -0.15) is 9.78 Å². The first-order valence-corrected chi connectivity index (χ1v) is 6.97. The first kappa shape index (κ1) is 15.3. The van der Waals surface area contributed by atoms with Gasteiger partial charge in [-0.15, -0.1) is 0 Å². The lowest BCUT2D eigenvalue weighted by molar-refractivity contribution is -0.385. The van der Waals surface area contributed by atoms with Crippen molar-refractivity contribution in [3.8, 4) is 5.75 Å². The summed E-state index contributed by atoms with van der Waals surface area (Å²) in [6.07, 6.45) is 1.30. The SMILES string of the molecule is Cc1nc2ccccc2c(=O)n1/N=C/c1ccc(O)c([N+](=O)[O-])c1. The van der Waals surface area contributed by atoms with E-state index in [4.69, 9.17) is 0 Å². The van der Waals surface area contributed by atoms with Gasteiger partial charge in [-0.3, -0.25) is 14.9 Å². The molecule has 1 heterocycles. The molecule has 8 nitrogen and oxygen atoms in total. The summed E-state index contributed by atoms with van der Waals surface area (Å²) in [5, 5.41) is 24.8. The zero-order valence-corrected chi connectivity index (χ0v) is 12.6. The lowest BCUT2D eigenvalue weighted by Crippen LogP contribution is -2.20. The minimum atomic E-state index is -0.693. The molecule has 0 spiro atoms. The van der Waals surface area contributed by atoms with Crippen LogP contribution in [0.3, 0.4) is 0 Å². The molecule has 3 rings (SSSR count). The molecule has 0 saturated carbocycles. The fourth-order valence-corrected chi connectivity index (χ4v) is 2.26. The largest absolute Gasteiger partial charge is 0.502 e. The number of phenolic OH excluding ortho intramolecular Hbond substituents is 1. The summed E-state index contributed by atoms with van der Waals surface area (Å²) < 4.78 is 1.13. The van der Waals surface area contributed by atoms with Crippen molar-refractivity contribution in [3.05, 3.63) is 74.3 Å². The summed E-state index contributed by atoms with van der Waals surface area (Å²) in [6, 6.07) is 10.8. The Morgan fingerprint density at radius 1 is 1.29 bits per heavy atom. The number of aromatic hydroxyl groups is 1. The van der Waals surface area contributed by atoms with Crippen LogP contribution in [-0.4, -0.2) is 25.9 Å². The zero-order valence-electron chi connectivity index (χ0n) is 12.6. The van der Waals surface area contributed by atoms with Crippen LogP contribution in [0.25, 0.3) is 10.9 Å². The normalized spacial score (nSPS) is 11.2. The van der Waals surface area contributed by atoms with E-state index in [-0.39, 0.29) is 5.56 Å². The standard InChI is InChI=1S/C16H12N4O4/c1-10-18-13-5-3-2-4-12(13)16(22)19(10)17-9-11-6-7-15(21)14(8-11)20(23)24/h2-9,21H,1H3/b17-9+. The van der Waals surface area contributed by atoms with Gasteiger partial charge in [0.1, 0.15) is 5.82 Å². The van der Waals surface area contributed by atoms with Crippen molar-refractivity contribution in [2.75, 3.05) is 0 Å². The second-order valence-electron chi connectivity index (χ2n) is 5.04. The van der Waals surface area contributed by atoms with Gasteiger partial charge >= 0.3 is 5.69 Å². The van der Waals surface area contributed by atoms with Crippen LogP contribution in [0.5, 0.6) is 5.75 Å². The Hall–Kier alpha value is -3.55. The fourth-order valence-electron chi connectivity index (χ4n) is 2.26. The molecule has 1 aromatic heterocycles. The molecule has 0 fully saturated rings. The van der Waals surface area contributed by atoms with E-state index in [1.807, 2.05) is 0 Å². The van der Waals surface area contributed by atoms with Crippen LogP contribution in [0.4, 0.5) is 5.69 Å². The number of para-hydroxylation sites is 1. The highest BCUT2D eigenvalue weighted by Gasteiger charge is 2.13. The Labute approximate surface area is 135 Å². The van der Waals surface area contributed by atoms with E-state index in [9.17, 15) is 20.0 Å². The van der Waals surface area contributed by atoms with Gasteiger partial charge in [0, 0.05) is 11.6 Å². The van der Waals surface area contributed by atoms with Crippen LogP contribution in [0.15, 0.2) is 52.4 Å². The molecule has 0 unspecified atom stereocenters. The van der Waals surface area contributed by atoms with E-state index >= 15 is 0 Å². The van der Waals surface area contributed by atoms with Crippen LogP contribution in [0.2, 0.25) is 0 Å². The number of hydrogen-bond acceptors (Lipinski definition) is 6. The Bertz CT molecular complexity index is 1040. The third-order valence-corrected chi connectivity index (χ3v) is 3.43. The van der Waals surface area contributed by atoms with E-state index in [0.717, 1.165) is 4.68 Å². The zero-order chi connectivity index (χ0) is 17.3. The molecule has 0 aliphatic heterocycles. The first-order valence-electron chi connectivity index (χ1n) is 6.97. The molecule has 2 aromatic carbocycles. The highest BCUT2D eigenvalue weighted by molar-refractivity contribution is 5.82. The number of nitrogens with zero attached hydrogens (tertiary/aromatic N) is 4. The van der Waals surface area contributed by atoms with Gasteiger partial charge in [-0.1, -0.05) is 12.1 Å². The van der Waals surface area contributed by atoms with Gasteiger partial charge in [0.25, 0.3) is 5.56 Å². The van der Waals surface area contributed by atoms with Crippen molar-refractivity contribution in [2.45, 2.75) is 6.92 Å². The van der Waals surface area contributed by atoms with Crippen molar-refractivity contribution in [1.29, 1.82) is 0 Å². The van der Waals surface area contributed by atoms with Crippen LogP contribution in [0.1, 0.15) is 11.4 Å². The summed E-state index contributed by atoms with van der Waals surface area (Å²) in [4.78, 5) is 26.9. The van der Waals surface area contributed by atoms with E-state index in [2.05, 4.69) is 10.1 Å². The maximum Gasteiger partial charge on any atom is 0.311 e. The number of phenols is 1. The number of rotatable bonds is 3. The van der Waals surface area contributed by atoms with Crippen molar-refractivity contribution in [3.63, 3.8) is 0 Å². The van der Waals surface area contributed by atoms with E-state index in [1.165, 1.54) is 24.4 Å². The van der Waals surface area contributed by atoms with Crippen molar-refractivity contribution < 1.29 is 10.0 Å². The number of aromatic nitrogens is 2. The smallest absolute Gasteiger partial charge is 0.311 e. The Kier molecular flexibility index (Phi) is 3.78. The summed E-state index contributed by atoms with van der Waals surface area (Å²) in [5.74, 6) is -0.0407. The molecule has 120 valence electrons. The van der Waals surface area contributed by atoms with Gasteiger partial charge < -0.3 is 5.11 Å². The minimum absolute atomic E-state index is 0.331. The molecule has 0 bridgehead atoms. The molecule has 3 aromatic rings. The van der Waals surface area contributed by atoms with Gasteiger partial charge in [0.2, 0.25) is 0 Å². The number of fused-ring (bicyclic) bond motifs is 1. The third-order valence-electron chi connectivity index (χ3n) is 3.43. The molecular weight excluding hydrogens is 312 g/mol. The Morgan fingerprint density at radius 3 is 2.79 bits per heavy atom. The predicted molar refractivity (Wildman–Crippen MR) is 88.5 cm³/mol. The topological polar surface area (TPSA) is 111 Å². The monoisotopic (exact) mass is 324 g/mol. The van der Waals surface area contributed by atoms with Gasteiger partial charge in [-0.05, 0) is 31.2 Å². The molecule has 8 heteroatoms. The molecular formula is C16H12N4O4. The van der Waals surface area contributed by atoms with Crippen LogP contribution in [0, 0.1) is 17.0 Å². The van der Waals surface area contributed by atoms with E-state index in [1.54, 1.807) is 31.2 Å². The number of nitro benzene ring substituents is 1. The maximum absolute atomic E-state index is 12.5. The quantitative estimate of drug-likeness (QED) is 0.451. The molecule has 0 aliphatic carbocycles. The predicted octanol–water partition coefficient (Wildman–Crippen LogP) is 2.20. The lowest BCUT2D eigenvalue weighted by Gasteiger charge is -2.05. The highest BCUT2D eigenvalue weighted by atomic mass is 16.6. The number of benzene rings is 2. The molecule has 0 radical (unpaired) electrons. The van der Waals surface area contributed by atoms with E-state index < -0.39 is 16.4 Å². The van der Waals surface area contributed by atoms with Crippen LogP contribution >= 0.6 is 0 Å². The fraction of sp³-hybridized carbons (Fsp3) is 0.0625. The second-order valence-corrected chi connectivity index (χ2v) is 5.04. The van der Waals surface area contributed by atoms with Crippen molar-refractivity contribution in [1.82, 2.24) is 9.66 Å². The Morgan fingerprint density at radius 2 is 2.04 bits per heavy atom. The second kappa shape index (κ2) is 5.92. The van der Waals surface area contributed by atoms with Gasteiger partial charge in [-0.25, -0.2) is 4.98 Å². The van der Waals surface area contributed by atoms with E-state index in [0.29, 0.717) is 22.3 Å². The summed E-state index contributed by atoms with van der Waals surface area (Å²) in [6.45, 7) is 1.64. The molecule has 0 saturated heterocycles. The molecule has 0 atom stereocenters. The summed E-state index contributed by atoms with van der Waals surface area (Å²) in [7, 11) is 0. The molecule has 24 heavy (non-hydrogen) atoms. The molecule has 0 aliphatic rings. The average Bonchev–Trinajstić information content (AvgIpc) is 2.55. The number of nitro groups is 1. The maximum atomic E-state index is 12.5. The van der Waals surface area contributed by atoms with Crippen LogP contribution in [-0.2, 0) is 0 Å².